The monoisotopic (exact) mass is 336 g/mol. The molecule has 128 valence electrons. The largest absolute Gasteiger partial charge is 0.496 e. The lowest BCUT2D eigenvalue weighted by Crippen LogP contribution is -2.03. The van der Waals surface area contributed by atoms with Crippen LogP contribution in [0.25, 0.3) is 10.9 Å². The van der Waals surface area contributed by atoms with E-state index in [-0.39, 0.29) is 12.4 Å². The van der Waals surface area contributed by atoms with Gasteiger partial charge in [0.05, 0.1) is 18.0 Å². The van der Waals surface area contributed by atoms with Gasteiger partial charge in [-0.2, -0.15) is 0 Å². The molecule has 3 rings (SSSR count). The average molecular weight is 336 g/mol. The van der Waals surface area contributed by atoms with Gasteiger partial charge < -0.3 is 9.47 Å². The zero-order valence-electron chi connectivity index (χ0n) is 14.8. The standard InChI is InChI=1S/C20H20N2O3/c1-12-7-13(2)19-17(8-12)20(22-11-21-19)25-10-16-9-15(14(3)23)5-6-18(16)24-4/h5-9,11H,10H2,1-4H3. The Labute approximate surface area is 146 Å². The van der Waals surface area contributed by atoms with E-state index in [1.165, 1.54) is 13.3 Å². The zero-order chi connectivity index (χ0) is 18.0. The fourth-order valence-electron chi connectivity index (χ4n) is 2.87. The van der Waals surface area contributed by atoms with Crippen molar-refractivity contribution in [3.8, 4) is 11.6 Å². The molecule has 0 aliphatic heterocycles. The predicted molar refractivity (Wildman–Crippen MR) is 96.3 cm³/mol. The molecule has 1 heterocycles. The lowest BCUT2D eigenvalue weighted by molar-refractivity contribution is 0.101. The van der Waals surface area contributed by atoms with Crippen LogP contribution in [0, 0.1) is 13.8 Å². The number of rotatable bonds is 5. The lowest BCUT2D eigenvalue weighted by atomic mass is 10.1. The zero-order valence-corrected chi connectivity index (χ0v) is 14.8. The van der Waals surface area contributed by atoms with Crippen LogP contribution in [0.2, 0.25) is 0 Å². The molecule has 25 heavy (non-hydrogen) atoms. The summed E-state index contributed by atoms with van der Waals surface area (Å²) >= 11 is 0. The highest BCUT2D eigenvalue weighted by Gasteiger charge is 2.11. The number of ketones is 1. The van der Waals surface area contributed by atoms with Crippen molar-refractivity contribution in [3.05, 3.63) is 58.9 Å². The maximum atomic E-state index is 11.6. The Kier molecular flexibility index (Phi) is 4.65. The van der Waals surface area contributed by atoms with Crippen LogP contribution >= 0.6 is 0 Å². The Hall–Kier alpha value is -2.95. The van der Waals surface area contributed by atoms with E-state index in [4.69, 9.17) is 9.47 Å². The number of Topliss-reactive ketones (excluding diaryl/α,β-unsaturated/α-hetero) is 1. The summed E-state index contributed by atoms with van der Waals surface area (Å²) in [7, 11) is 1.60. The number of carbonyl (C=O) groups excluding carboxylic acids is 1. The van der Waals surface area contributed by atoms with Gasteiger partial charge in [-0.05, 0) is 56.2 Å². The van der Waals surface area contributed by atoms with Gasteiger partial charge in [0.15, 0.2) is 5.78 Å². The number of hydrogen-bond acceptors (Lipinski definition) is 5. The second-order valence-electron chi connectivity index (χ2n) is 6.03. The molecule has 0 fully saturated rings. The van der Waals surface area contributed by atoms with Crippen LogP contribution < -0.4 is 9.47 Å². The summed E-state index contributed by atoms with van der Waals surface area (Å²) < 4.78 is 11.3. The molecule has 2 aromatic carbocycles. The van der Waals surface area contributed by atoms with Gasteiger partial charge in [-0.15, -0.1) is 0 Å². The highest BCUT2D eigenvalue weighted by molar-refractivity contribution is 5.94. The molecule has 0 atom stereocenters. The number of aryl methyl sites for hydroxylation is 2. The molecule has 5 nitrogen and oxygen atoms in total. The number of ether oxygens (including phenoxy) is 2. The van der Waals surface area contributed by atoms with Crippen LogP contribution in [-0.4, -0.2) is 22.9 Å². The predicted octanol–water partition coefficient (Wildman–Crippen LogP) is 4.04. The summed E-state index contributed by atoms with van der Waals surface area (Å²) in [5.74, 6) is 1.20. The van der Waals surface area contributed by atoms with Gasteiger partial charge >= 0.3 is 0 Å². The number of aromatic nitrogens is 2. The quantitative estimate of drug-likeness (QED) is 0.658. The van der Waals surface area contributed by atoms with Crippen molar-refractivity contribution >= 4 is 16.7 Å². The van der Waals surface area contributed by atoms with E-state index >= 15 is 0 Å². The molecule has 1 aromatic heterocycles. The number of carbonyl (C=O) groups is 1. The van der Waals surface area contributed by atoms with Crippen LogP contribution in [0.3, 0.4) is 0 Å². The molecule has 0 spiro atoms. The fraction of sp³-hybridized carbons (Fsp3) is 0.250. The maximum Gasteiger partial charge on any atom is 0.224 e. The van der Waals surface area contributed by atoms with Gasteiger partial charge in [-0.25, -0.2) is 9.97 Å². The maximum absolute atomic E-state index is 11.6. The lowest BCUT2D eigenvalue weighted by Gasteiger charge is -2.13. The fourth-order valence-corrected chi connectivity index (χ4v) is 2.87. The molecule has 0 N–H and O–H groups in total. The molecule has 0 saturated carbocycles. The minimum Gasteiger partial charge on any atom is -0.496 e. The molecule has 5 heteroatoms. The smallest absolute Gasteiger partial charge is 0.224 e. The molecule has 0 saturated heterocycles. The number of nitrogens with zero attached hydrogens (tertiary/aromatic N) is 2. The molecule has 0 radical (unpaired) electrons. The van der Waals surface area contributed by atoms with Gasteiger partial charge in [0, 0.05) is 11.1 Å². The number of benzene rings is 2. The summed E-state index contributed by atoms with van der Waals surface area (Å²) in [6, 6.07) is 9.42. The van der Waals surface area contributed by atoms with Gasteiger partial charge in [0.2, 0.25) is 5.88 Å². The normalized spacial score (nSPS) is 10.7. The summed E-state index contributed by atoms with van der Waals surface area (Å²) in [4.78, 5) is 20.2. The van der Waals surface area contributed by atoms with Crippen molar-refractivity contribution in [1.29, 1.82) is 0 Å². The van der Waals surface area contributed by atoms with Crippen molar-refractivity contribution in [1.82, 2.24) is 9.97 Å². The van der Waals surface area contributed by atoms with Crippen LogP contribution in [0.4, 0.5) is 0 Å². The third-order valence-corrected chi connectivity index (χ3v) is 4.09. The Morgan fingerprint density at radius 3 is 2.64 bits per heavy atom. The summed E-state index contributed by atoms with van der Waals surface area (Å²) in [5.41, 5.74) is 4.50. The highest BCUT2D eigenvalue weighted by Crippen LogP contribution is 2.27. The molecule has 3 aromatic rings. The van der Waals surface area contributed by atoms with Gasteiger partial charge in [-0.1, -0.05) is 6.07 Å². The third-order valence-electron chi connectivity index (χ3n) is 4.09. The molecule has 0 unspecified atom stereocenters. The van der Waals surface area contributed by atoms with E-state index in [1.54, 1.807) is 25.3 Å². The van der Waals surface area contributed by atoms with Crippen molar-refractivity contribution in [2.75, 3.05) is 7.11 Å². The number of fused-ring (bicyclic) bond motifs is 1. The first kappa shape index (κ1) is 16.9. The Bertz CT molecular complexity index is 951. The summed E-state index contributed by atoms with van der Waals surface area (Å²) in [6.45, 7) is 5.84. The SMILES string of the molecule is COc1ccc(C(C)=O)cc1COc1ncnc2c(C)cc(C)cc12. The Balaban J connectivity index is 1.96. The van der Waals surface area contributed by atoms with Crippen LogP contribution in [0.5, 0.6) is 11.6 Å². The highest BCUT2D eigenvalue weighted by atomic mass is 16.5. The molecule has 0 aliphatic rings. The minimum atomic E-state index is 0.00244. The van der Waals surface area contributed by atoms with E-state index in [0.29, 0.717) is 17.2 Å². The molecular formula is C20H20N2O3. The average Bonchev–Trinajstić information content (AvgIpc) is 2.59. The van der Waals surface area contributed by atoms with Gasteiger partial charge in [0.25, 0.3) is 0 Å². The van der Waals surface area contributed by atoms with E-state index in [2.05, 4.69) is 16.0 Å². The van der Waals surface area contributed by atoms with Crippen molar-refractivity contribution in [3.63, 3.8) is 0 Å². The van der Waals surface area contributed by atoms with Crippen LogP contribution in [0.15, 0.2) is 36.7 Å². The van der Waals surface area contributed by atoms with Crippen molar-refractivity contribution < 1.29 is 14.3 Å². The molecule has 0 aliphatic carbocycles. The van der Waals surface area contributed by atoms with Crippen molar-refractivity contribution in [2.45, 2.75) is 27.4 Å². The first-order chi connectivity index (χ1) is 12.0. The minimum absolute atomic E-state index is 0.00244. The van der Waals surface area contributed by atoms with Gasteiger partial charge in [-0.3, -0.25) is 4.79 Å². The first-order valence-corrected chi connectivity index (χ1v) is 8.02. The Morgan fingerprint density at radius 1 is 1.12 bits per heavy atom. The number of methoxy groups -OCH3 is 1. The van der Waals surface area contributed by atoms with Gasteiger partial charge in [0.1, 0.15) is 18.7 Å². The van der Waals surface area contributed by atoms with E-state index in [1.807, 2.05) is 19.9 Å². The van der Waals surface area contributed by atoms with E-state index in [9.17, 15) is 4.79 Å². The Morgan fingerprint density at radius 2 is 1.92 bits per heavy atom. The second kappa shape index (κ2) is 6.89. The molecular weight excluding hydrogens is 316 g/mol. The molecule has 0 bridgehead atoms. The summed E-state index contributed by atoms with van der Waals surface area (Å²) in [5, 5.41) is 0.877. The number of hydrogen-bond donors (Lipinski definition) is 0. The van der Waals surface area contributed by atoms with Crippen molar-refractivity contribution in [2.24, 2.45) is 0 Å². The third kappa shape index (κ3) is 3.45. The first-order valence-electron chi connectivity index (χ1n) is 8.02. The van der Waals surface area contributed by atoms with Crippen LogP contribution in [-0.2, 0) is 6.61 Å². The summed E-state index contributed by atoms with van der Waals surface area (Å²) in [6.07, 6.45) is 1.50. The van der Waals surface area contributed by atoms with Crippen LogP contribution in [0.1, 0.15) is 34.0 Å². The molecule has 0 amide bonds. The topological polar surface area (TPSA) is 61.3 Å². The van der Waals surface area contributed by atoms with E-state index in [0.717, 1.165) is 27.6 Å². The second-order valence-corrected chi connectivity index (χ2v) is 6.03. The van der Waals surface area contributed by atoms with E-state index < -0.39 is 0 Å².